The molecule has 0 aromatic heterocycles. The average Bonchev–Trinajstić information content (AvgIpc) is 2.47. The van der Waals surface area contributed by atoms with Crippen molar-refractivity contribution in [1.82, 2.24) is 0 Å². The normalized spacial score (nSPS) is 21.0. The Morgan fingerprint density at radius 3 is 1.96 bits per heavy atom. The number of hydrogen-bond donors (Lipinski definition) is 2. The summed E-state index contributed by atoms with van der Waals surface area (Å²) in [6.07, 6.45) is 4.45. The van der Waals surface area contributed by atoms with E-state index < -0.39 is 10.9 Å². The third-order valence-corrected chi connectivity index (χ3v) is 4.25. The van der Waals surface area contributed by atoms with E-state index in [0.717, 1.165) is 30.9 Å². The maximum Gasteiger partial charge on any atom is 0.335 e. The van der Waals surface area contributed by atoms with E-state index in [9.17, 15) is 20.0 Å². The molecule has 0 unspecified atom stereocenters. The van der Waals surface area contributed by atoms with Crippen molar-refractivity contribution < 1.29 is 19.9 Å². The summed E-state index contributed by atoms with van der Waals surface area (Å²) in [4.78, 5) is 19.9. The predicted octanol–water partition coefficient (Wildman–Crippen LogP) is 3.88. The van der Waals surface area contributed by atoms with Crippen molar-refractivity contribution in [1.29, 1.82) is 0 Å². The number of rotatable bonds is 2. The number of aliphatic hydroxyl groups is 1. The van der Waals surface area contributed by atoms with E-state index in [1.165, 1.54) is 25.0 Å². The van der Waals surface area contributed by atoms with E-state index in [1.54, 1.807) is 0 Å². The van der Waals surface area contributed by atoms with Crippen LogP contribution in [0, 0.1) is 21.4 Å². The van der Waals surface area contributed by atoms with Crippen molar-refractivity contribution in [2.24, 2.45) is 11.3 Å². The van der Waals surface area contributed by atoms with Crippen LogP contribution >= 0.6 is 0 Å². The molecule has 6 heteroatoms. The van der Waals surface area contributed by atoms with Gasteiger partial charge < -0.3 is 10.2 Å². The summed E-state index contributed by atoms with van der Waals surface area (Å²) in [5.74, 6) is -0.268. The van der Waals surface area contributed by atoms with Crippen LogP contribution in [-0.4, -0.2) is 27.2 Å². The zero-order chi connectivity index (χ0) is 17.6. The second-order valence-corrected chi connectivity index (χ2v) is 6.98. The standard InChI is InChI=1S/C10H20O.C7H5NO4/c1-10(2,3)8-4-6-9(11)7-5-8;9-7(10)5-1-3-6(4-2-5)8(11)12/h8-9,11H,4-7H2,1-3H3;1-4H,(H,9,10). The first-order valence-corrected chi connectivity index (χ1v) is 7.77. The lowest BCUT2D eigenvalue weighted by Crippen LogP contribution is -2.27. The predicted molar refractivity (Wildman–Crippen MR) is 87.5 cm³/mol. The summed E-state index contributed by atoms with van der Waals surface area (Å²) in [7, 11) is 0. The second-order valence-electron chi connectivity index (χ2n) is 6.98. The summed E-state index contributed by atoms with van der Waals surface area (Å²) in [5, 5.41) is 27.9. The number of carboxylic acids is 1. The zero-order valence-electron chi connectivity index (χ0n) is 13.9. The number of aromatic carboxylic acids is 1. The van der Waals surface area contributed by atoms with Gasteiger partial charge in [0.15, 0.2) is 0 Å². The number of hydrogen-bond acceptors (Lipinski definition) is 4. The van der Waals surface area contributed by atoms with Crippen LogP contribution in [0.4, 0.5) is 5.69 Å². The van der Waals surface area contributed by atoms with Crippen LogP contribution in [0.1, 0.15) is 56.8 Å². The van der Waals surface area contributed by atoms with Gasteiger partial charge >= 0.3 is 5.97 Å². The van der Waals surface area contributed by atoms with Gasteiger partial charge in [0.2, 0.25) is 0 Å². The molecule has 2 rings (SSSR count). The Labute approximate surface area is 136 Å². The molecule has 0 heterocycles. The monoisotopic (exact) mass is 323 g/mol. The van der Waals surface area contributed by atoms with Gasteiger partial charge in [-0.05, 0) is 49.1 Å². The molecule has 0 spiro atoms. The molecule has 0 aliphatic heterocycles. The molecule has 0 radical (unpaired) electrons. The first-order valence-electron chi connectivity index (χ1n) is 7.77. The summed E-state index contributed by atoms with van der Waals surface area (Å²) in [6, 6.07) is 4.70. The van der Waals surface area contributed by atoms with E-state index in [0.29, 0.717) is 5.41 Å². The molecule has 1 saturated carbocycles. The Kier molecular flexibility index (Phi) is 6.69. The number of non-ortho nitro benzene ring substituents is 1. The summed E-state index contributed by atoms with van der Waals surface area (Å²) in [6.45, 7) is 6.90. The molecular weight excluding hydrogens is 298 g/mol. The lowest BCUT2D eigenvalue weighted by atomic mass is 9.72. The largest absolute Gasteiger partial charge is 0.478 e. The first kappa shape index (κ1) is 19.1. The van der Waals surface area contributed by atoms with Gasteiger partial charge in [-0.1, -0.05) is 20.8 Å². The molecule has 0 atom stereocenters. The topological polar surface area (TPSA) is 101 Å². The van der Waals surface area contributed by atoms with Crippen molar-refractivity contribution in [3.63, 3.8) is 0 Å². The Bertz CT molecular complexity index is 492. The highest BCUT2D eigenvalue weighted by atomic mass is 16.6. The summed E-state index contributed by atoms with van der Waals surface area (Å²) >= 11 is 0. The quantitative estimate of drug-likeness (QED) is 0.635. The molecule has 0 amide bonds. The smallest absolute Gasteiger partial charge is 0.335 e. The third kappa shape index (κ3) is 6.36. The molecule has 2 N–H and O–H groups in total. The number of nitro benzene ring substituents is 1. The Morgan fingerprint density at radius 1 is 1.13 bits per heavy atom. The lowest BCUT2D eigenvalue weighted by molar-refractivity contribution is -0.384. The minimum Gasteiger partial charge on any atom is -0.478 e. The fourth-order valence-electron chi connectivity index (χ4n) is 2.67. The molecule has 23 heavy (non-hydrogen) atoms. The van der Waals surface area contributed by atoms with E-state index in [2.05, 4.69) is 20.8 Å². The van der Waals surface area contributed by atoms with E-state index in [1.807, 2.05) is 0 Å². The van der Waals surface area contributed by atoms with Crippen LogP contribution in [0.2, 0.25) is 0 Å². The molecule has 0 saturated heterocycles. The van der Waals surface area contributed by atoms with Crippen molar-refractivity contribution in [2.75, 3.05) is 0 Å². The molecular formula is C17H25NO5. The van der Waals surface area contributed by atoms with Crippen molar-refractivity contribution >= 4 is 11.7 Å². The van der Waals surface area contributed by atoms with Gasteiger partial charge in [0.25, 0.3) is 5.69 Å². The number of aliphatic hydroxyl groups excluding tert-OH is 1. The third-order valence-electron chi connectivity index (χ3n) is 4.25. The molecule has 1 aromatic rings. The molecule has 1 aromatic carbocycles. The van der Waals surface area contributed by atoms with Crippen LogP contribution in [-0.2, 0) is 0 Å². The number of nitro groups is 1. The first-order chi connectivity index (χ1) is 10.6. The van der Waals surface area contributed by atoms with Gasteiger partial charge in [-0.15, -0.1) is 0 Å². The van der Waals surface area contributed by atoms with Gasteiger partial charge in [-0.2, -0.15) is 0 Å². The van der Waals surface area contributed by atoms with Crippen molar-refractivity contribution in [3.8, 4) is 0 Å². The Hall–Kier alpha value is -1.95. The van der Waals surface area contributed by atoms with Crippen LogP contribution < -0.4 is 0 Å². The van der Waals surface area contributed by atoms with Crippen LogP contribution in [0.25, 0.3) is 0 Å². The Balaban J connectivity index is 0.000000231. The molecule has 1 aliphatic carbocycles. The van der Waals surface area contributed by atoms with Gasteiger partial charge in [-0.3, -0.25) is 10.1 Å². The average molecular weight is 323 g/mol. The lowest BCUT2D eigenvalue weighted by Gasteiger charge is -2.35. The molecule has 1 aliphatic rings. The number of carbonyl (C=O) groups is 1. The molecule has 128 valence electrons. The fourth-order valence-corrected chi connectivity index (χ4v) is 2.67. The number of benzene rings is 1. The number of nitrogens with zero attached hydrogens (tertiary/aromatic N) is 1. The van der Waals surface area contributed by atoms with Gasteiger partial charge in [-0.25, -0.2) is 4.79 Å². The van der Waals surface area contributed by atoms with Gasteiger partial charge in [0.05, 0.1) is 16.6 Å². The minimum atomic E-state index is -1.09. The summed E-state index contributed by atoms with van der Waals surface area (Å²) in [5.41, 5.74) is 0.376. The van der Waals surface area contributed by atoms with Crippen LogP contribution in [0.15, 0.2) is 24.3 Å². The second kappa shape index (κ2) is 8.06. The van der Waals surface area contributed by atoms with Gasteiger partial charge in [0.1, 0.15) is 0 Å². The number of carboxylic acid groups (broad SMARTS) is 1. The SMILES string of the molecule is CC(C)(C)C1CCC(O)CC1.O=C(O)c1ccc([N+](=O)[O-])cc1. The highest BCUT2D eigenvalue weighted by Crippen LogP contribution is 2.37. The zero-order valence-corrected chi connectivity index (χ0v) is 13.9. The molecule has 0 bridgehead atoms. The van der Waals surface area contributed by atoms with E-state index >= 15 is 0 Å². The van der Waals surface area contributed by atoms with E-state index in [4.69, 9.17) is 5.11 Å². The maximum absolute atomic E-state index is 10.3. The van der Waals surface area contributed by atoms with Crippen LogP contribution in [0.5, 0.6) is 0 Å². The van der Waals surface area contributed by atoms with Gasteiger partial charge in [0, 0.05) is 12.1 Å². The van der Waals surface area contributed by atoms with E-state index in [-0.39, 0.29) is 17.4 Å². The molecule has 1 fully saturated rings. The maximum atomic E-state index is 10.3. The highest BCUT2D eigenvalue weighted by molar-refractivity contribution is 5.87. The van der Waals surface area contributed by atoms with Crippen molar-refractivity contribution in [2.45, 2.75) is 52.6 Å². The van der Waals surface area contributed by atoms with Crippen molar-refractivity contribution in [3.05, 3.63) is 39.9 Å². The van der Waals surface area contributed by atoms with Crippen LogP contribution in [0.3, 0.4) is 0 Å². The fraction of sp³-hybridized carbons (Fsp3) is 0.588. The highest BCUT2D eigenvalue weighted by Gasteiger charge is 2.28. The minimum absolute atomic E-state index is 0.00593. The summed E-state index contributed by atoms with van der Waals surface area (Å²) < 4.78 is 0. The Morgan fingerprint density at radius 2 is 1.61 bits per heavy atom. The molecule has 6 nitrogen and oxygen atoms in total.